The van der Waals surface area contributed by atoms with Gasteiger partial charge in [-0.1, -0.05) is 12.5 Å². The number of ether oxygens (including phenoxy) is 1. The van der Waals surface area contributed by atoms with Crippen molar-refractivity contribution in [3.8, 4) is 0 Å². The first kappa shape index (κ1) is 19.8. The zero-order valence-corrected chi connectivity index (χ0v) is 17.3. The van der Waals surface area contributed by atoms with Crippen molar-refractivity contribution in [3.63, 3.8) is 0 Å². The van der Waals surface area contributed by atoms with Gasteiger partial charge in [-0.15, -0.1) is 0 Å². The highest BCUT2D eigenvalue weighted by Crippen LogP contribution is 2.68. The molecule has 4 aliphatic carbocycles. The van der Waals surface area contributed by atoms with Gasteiger partial charge in [-0.3, -0.25) is 14.4 Å². The van der Waals surface area contributed by atoms with Gasteiger partial charge in [0, 0.05) is 24.2 Å². The van der Waals surface area contributed by atoms with Gasteiger partial charge in [0.25, 0.3) is 0 Å². The topological polar surface area (TPSA) is 80.7 Å². The maximum absolute atomic E-state index is 12.7. The number of aliphatic hydroxyl groups is 1. The Balaban J connectivity index is 1.72. The Morgan fingerprint density at radius 1 is 1.11 bits per heavy atom. The summed E-state index contributed by atoms with van der Waals surface area (Å²) in [5.74, 6) is 0.798. The summed E-state index contributed by atoms with van der Waals surface area (Å²) in [6.45, 7) is 5.20. The number of fused-ring (bicyclic) bond motifs is 5. The lowest BCUT2D eigenvalue weighted by molar-refractivity contribution is -0.188. The van der Waals surface area contributed by atoms with Crippen molar-refractivity contribution in [2.75, 3.05) is 6.61 Å². The quantitative estimate of drug-likeness (QED) is 0.750. The highest BCUT2D eigenvalue weighted by atomic mass is 16.6. The van der Waals surface area contributed by atoms with Crippen LogP contribution >= 0.6 is 0 Å². The molecular formula is C23H32O5. The van der Waals surface area contributed by atoms with Crippen molar-refractivity contribution < 1.29 is 24.2 Å². The van der Waals surface area contributed by atoms with Gasteiger partial charge in [-0.2, -0.15) is 0 Å². The lowest BCUT2D eigenvalue weighted by atomic mass is 9.46. The van der Waals surface area contributed by atoms with E-state index in [0.717, 1.165) is 44.1 Å². The molecule has 0 bridgehead atoms. The van der Waals surface area contributed by atoms with Crippen molar-refractivity contribution in [2.45, 2.75) is 77.7 Å². The minimum Gasteiger partial charge on any atom is -0.451 e. The van der Waals surface area contributed by atoms with Crippen LogP contribution in [0, 0.1) is 28.6 Å². The number of rotatable bonds is 3. The van der Waals surface area contributed by atoms with Crippen molar-refractivity contribution in [1.29, 1.82) is 0 Å². The number of ketones is 2. The van der Waals surface area contributed by atoms with Gasteiger partial charge in [0.15, 0.2) is 17.2 Å². The summed E-state index contributed by atoms with van der Waals surface area (Å²) >= 11 is 0. The van der Waals surface area contributed by atoms with E-state index in [1.807, 2.05) is 0 Å². The molecule has 0 spiro atoms. The molecule has 154 valence electrons. The van der Waals surface area contributed by atoms with Crippen LogP contribution in [0.5, 0.6) is 0 Å². The summed E-state index contributed by atoms with van der Waals surface area (Å²) in [7, 11) is 0. The molecule has 4 rings (SSSR count). The normalized spacial score (nSPS) is 44.8. The monoisotopic (exact) mass is 388 g/mol. The second-order valence-corrected chi connectivity index (χ2v) is 9.84. The van der Waals surface area contributed by atoms with Crippen LogP contribution < -0.4 is 0 Å². The Bertz CT molecular complexity index is 754. The Morgan fingerprint density at radius 3 is 2.46 bits per heavy atom. The van der Waals surface area contributed by atoms with E-state index in [1.54, 1.807) is 13.0 Å². The van der Waals surface area contributed by atoms with E-state index in [-0.39, 0.29) is 35.0 Å². The number of aliphatic hydroxyl groups excluding tert-OH is 1. The van der Waals surface area contributed by atoms with Crippen LogP contribution in [0.25, 0.3) is 0 Å². The van der Waals surface area contributed by atoms with E-state index in [2.05, 4.69) is 6.92 Å². The van der Waals surface area contributed by atoms with E-state index >= 15 is 0 Å². The van der Waals surface area contributed by atoms with E-state index < -0.39 is 5.60 Å². The molecule has 0 aliphatic heterocycles. The minimum absolute atomic E-state index is 0.0392. The average Bonchev–Trinajstić information content (AvgIpc) is 2.94. The highest BCUT2D eigenvalue weighted by molar-refractivity contribution is 5.92. The molecule has 0 aromatic heterocycles. The van der Waals surface area contributed by atoms with Crippen LogP contribution in [0.4, 0.5) is 0 Å². The van der Waals surface area contributed by atoms with E-state index in [1.165, 1.54) is 6.92 Å². The molecule has 0 aromatic carbocycles. The Morgan fingerprint density at radius 2 is 1.82 bits per heavy atom. The third-order valence-electron chi connectivity index (χ3n) is 8.97. The first-order valence-electron chi connectivity index (χ1n) is 10.8. The molecule has 0 saturated heterocycles. The van der Waals surface area contributed by atoms with Gasteiger partial charge in [-0.25, -0.2) is 0 Å². The van der Waals surface area contributed by atoms with Gasteiger partial charge >= 0.3 is 5.97 Å². The lowest BCUT2D eigenvalue weighted by Gasteiger charge is -2.59. The van der Waals surface area contributed by atoms with Crippen LogP contribution in [-0.4, -0.2) is 34.9 Å². The van der Waals surface area contributed by atoms with E-state index in [9.17, 15) is 19.5 Å². The lowest BCUT2D eigenvalue weighted by Crippen LogP contribution is -2.59. The van der Waals surface area contributed by atoms with Gasteiger partial charge in [0.1, 0.15) is 0 Å². The molecule has 1 N–H and O–H groups in total. The number of esters is 1. The summed E-state index contributed by atoms with van der Waals surface area (Å²) < 4.78 is 5.79. The minimum atomic E-state index is -1.01. The van der Waals surface area contributed by atoms with Crippen molar-refractivity contribution in [1.82, 2.24) is 0 Å². The van der Waals surface area contributed by atoms with Crippen LogP contribution in [0.15, 0.2) is 11.6 Å². The highest BCUT2D eigenvalue weighted by Gasteiger charge is 2.68. The third kappa shape index (κ3) is 2.44. The van der Waals surface area contributed by atoms with Crippen molar-refractivity contribution in [3.05, 3.63) is 11.6 Å². The molecule has 3 fully saturated rings. The molecule has 3 saturated carbocycles. The summed E-state index contributed by atoms with van der Waals surface area (Å²) in [6, 6.07) is 0. The molecular weight excluding hydrogens is 356 g/mol. The standard InChI is InChI=1S/C23H32O5/c1-14(25)23(28-15(2)26)11-8-19-18-5-4-16-12-17(27)6-10-22(16,13-24)20(18)7-9-21(19,23)3/h12,18-20,24H,4-11,13H2,1-3H3/t18-,19-,20-,21-,22+,23-/m0/s1. The Kier molecular flexibility index (Phi) is 4.61. The summed E-state index contributed by atoms with van der Waals surface area (Å²) in [6.07, 6.45) is 8.08. The molecule has 5 heteroatoms. The third-order valence-corrected chi connectivity index (χ3v) is 8.97. The maximum Gasteiger partial charge on any atom is 0.303 e. The smallest absolute Gasteiger partial charge is 0.303 e. The fraction of sp³-hybridized carbons (Fsp3) is 0.783. The Hall–Kier alpha value is -1.49. The Labute approximate surface area is 166 Å². The molecule has 0 unspecified atom stereocenters. The van der Waals surface area contributed by atoms with Crippen LogP contribution in [0.1, 0.15) is 72.1 Å². The summed E-state index contributed by atoms with van der Waals surface area (Å²) in [5, 5.41) is 10.4. The number of hydrogen-bond acceptors (Lipinski definition) is 5. The van der Waals surface area contributed by atoms with Gasteiger partial charge in [0.2, 0.25) is 0 Å². The van der Waals surface area contributed by atoms with Crippen LogP contribution in [0.2, 0.25) is 0 Å². The van der Waals surface area contributed by atoms with Crippen LogP contribution in [-0.2, 0) is 19.1 Å². The molecule has 4 aliphatic rings. The molecule has 0 aromatic rings. The van der Waals surface area contributed by atoms with Gasteiger partial charge < -0.3 is 9.84 Å². The molecule has 0 heterocycles. The number of Topliss-reactive ketones (excluding diaryl/α,β-unsaturated/α-hetero) is 1. The molecule has 0 amide bonds. The molecule has 6 atom stereocenters. The zero-order chi connectivity index (χ0) is 20.3. The van der Waals surface area contributed by atoms with E-state index in [0.29, 0.717) is 30.6 Å². The fourth-order valence-corrected chi connectivity index (χ4v) is 7.72. The number of carbonyl (C=O) groups is 3. The number of hydrogen-bond donors (Lipinski definition) is 1. The molecule has 5 nitrogen and oxygen atoms in total. The second kappa shape index (κ2) is 6.51. The molecule has 28 heavy (non-hydrogen) atoms. The van der Waals surface area contributed by atoms with Gasteiger partial charge in [0.05, 0.1) is 6.61 Å². The first-order valence-corrected chi connectivity index (χ1v) is 10.8. The van der Waals surface area contributed by atoms with Gasteiger partial charge in [-0.05, 0) is 75.7 Å². The van der Waals surface area contributed by atoms with Crippen LogP contribution in [0.3, 0.4) is 0 Å². The van der Waals surface area contributed by atoms with Crippen molar-refractivity contribution in [2.24, 2.45) is 28.6 Å². The second-order valence-electron chi connectivity index (χ2n) is 9.84. The average molecular weight is 389 g/mol. The zero-order valence-electron chi connectivity index (χ0n) is 17.3. The van der Waals surface area contributed by atoms with Crippen molar-refractivity contribution >= 4 is 17.5 Å². The SMILES string of the molecule is CC(=O)O[C@]1(C(C)=O)CC[C@H]2[C@@H]3CCC4=CC(=O)CC[C@]4(CO)[C@H]3CC[C@@]21C. The summed E-state index contributed by atoms with van der Waals surface area (Å²) in [4.78, 5) is 36.6. The largest absolute Gasteiger partial charge is 0.451 e. The maximum atomic E-state index is 12.7. The summed E-state index contributed by atoms with van der Waals surface area (Å²) in [5.41, 5.74) is -0.499. The molecule has 0 radical (unpaired) electrons. The first-order chi connectivity index (χ1) is 13.2. The fourth-order valence-electron chi connectivity index (χ4n) is 7.72. The predicted octanol–water partition coefficient (Wildman–Crippen LogP) is 3.38. The number of carbonyl (C=O) groups excluding carboxylic acids is 3. The van der Waals surface area contributed by atoms with E-state index in [4.69, 9.17) is 4.74 Å². The predicted molar refractivity (Wildman–Crippen MR) is 103 cm³/mol.